The Morgan fingerprint density at radius 2 is 2.18 bits per heavy atom. The molecule has 1 aromatic rings. The standard InChI is InChI=1S/C15H17F3N2O2/c16-15(17,18)12-3-4-14(11(8-12)9-19)20-5-1-2-13(10-20)22-7-6-21/h3-4,8,13,21H,1-2,5-7,10H2. The molecule has 0 aromatic heterocycles. The lowest BCUT2D eigenvalue weighted by Gasteiger charge is -2.34. The largest absolute Gasteiger partial charge is 0.416 e. The summed E-state index contributed by atoms with van der Waals surface area (Å²) in [7, 11) is 0. The Morgan fingerprint density at radius 3 is 2.82 bits per heavy atom. The fourth-order valence-electron chi connectivity index (χ4n) is 2.59. The van der Waals surface area contributed by atoms with Gasteiger partial charge in [0.25, 0.3) is 0 Å². The van der Waals surface area contributed by atoms with Crippen LogP contribution >= 0.6 is 0 Å². The highest BCUT2D eigenvalue weighted by atomic mass is 19.4. The highest BCUT2D eigenvalue weighted by molar-refractivity contribution is 5.61. The van der Waals surface area contributed by atoms with Crippen molar-refractivity contribution >= 4 is 5.69 Å². The van der Waals surface area contributed by atoms with Gasteiger partial charge in [0, 0.05) is 13.1 Å². The summed E-state index contributed by atoms with van der Waals surface area (Å²) in [5.74, 6) is 0. The van der Waals surface area contributed by atoms with Crippen LogP contribution in [0, 0.1) is 11.3 Å². The Morgan fingerprint density at radius 1 is 1.41 bits per heavy atom. The van der Waals surface area contributed by atoms with Crippen molar-refractivity contribution in [1.29, 1.82) is 5.26 Å². The van der Waals surface area contributed by atoms with E-state index in [4.69, 9.17) is 15.1 Å². The summed E-state index contributed by atoms with van der Waals surface area (Å²) in [6.45, 7) is 1.33. The summed E-state index contributed by atoms with van der Waals surface area (Å²) in [6, 6.07) is 5.06. The van der Waals surface area contributed by atoms with Crippen LogP contribution in [0.3, 0.4) is 0 Å². The molecule has 1 heterocycles. The number of benzene rings is 1. The molecule has 7 heteroatoms. The fraction of sp³-hybridized carbons (Fsp3) is 0.533. The number of alkyl halides is 3. The average molecular weight is 314 g/mol. The summed E-state index contributed by atoms with van der Waals surface area (Å²) in [5, 5.41) is 17.9. The molecule has 0 spiro atoms. The van der Waals surface area contributed by atoms with E-state index in [2.05, 4.69) is 0 Å². The molecule has 1 aromatic carbocycles. The molecule has 0 amide bonds. The van der Waals surface area contributed by atoms with E-state index in [1.165, 1.54) is 6.07 Å². The molecule has 0 aliphatic carbocycles. The number of nitrogens with zero attached hydrogens (tertiary/aromatic N) is 2. The van der Waals surface area contributed by atoms with Gasteiger partial charge >= 0.3 is 6.18 Å². The first-order chi connectivity index (χ1) is 10.5. The van der Waals surface area contributed by atoms with E-state index in [0.29, 0.717) is 18.8 Å². The van der Waals surface area contributed by atoms with E-state index >= 15 is 0 Å². The van der Waals surface area contributed by atoms with E-state index in [-0.39, 0.29) is 24.9 Å². The van der Waals surface area contributed by atoms with Gasteiger partial charge in [-0.15, -0.1) is 0 Å². The zero-order valence-electron chi connectivity index (χ0n) is 11.9. The van der Waals surface area contributed by atoms with Gasteiger partial charge in [0.05, 0.1) is 36.1 Å². The molecule has 1 aliphatic rings. The number of nitriles is 1. The van der Waals surface area contributed by atoms with Gasteiger partial charge in [-0.2, -0.15) is 18.4 Å². The van der Waals surface area contributed by atoms with E-state index in [9.17, 15) is 13.2 Å². The number of anilines is 1. The van der Waals surface area contributed by atoms with Gasteiger partial charge in [0.15, 0.2) is 0 Å². The second-order valence-corrected chi connectivity index (χ2v) is 5.15. The average Bonchev–Trinajstić information content (AvgIpc) is 2.51. The quantitative estimate of drug-likeness (QED) is 0.928. The van der Waals surface area contributed by atoms with Gasteiger partial charge in [0.1, 0.15) is 6.07 Å². The molecule has 4 nitrogen and oxygen atoms in total. The minimum absolute atomic E-state index is 0.0117. The van der Waals surface area contributed by atoms with Crippen LogP contribution < -0.4 is 4.90 Å². The van der Waals surface area contributed by atoms with Crippen molar-refractivity contribution in [1.82, 2.24) is 0 Å². The van der Waals surface area contributed by atoms with Gasteiger partial charge in [-0.05, 0) is 31.0 Å². The topological polar surface area (TPSA) is 56.5 Å². The molecule has 1 fully saturated rings. The molecule has 120 valence electrons. The van der Waals surface area contributed by atoms with Crippen molar-refractivity contribution < 1.29 is 23.0 Å². The Kier molecular flexibility index (Phi) is 5.27. The number of rotatable bonds is 4. The Balaban J connectivity index is 2.19. The van der Waals surface area contributed by atoms with Gasteiger partial charge in [-0.3, -0.25) is 0 Å². The van der Waals surface area contributed by atoms with Crippen molar-refractivity contribution in [3.8, 4) is 6.07 Å². The molecular weight excluding hydrogens is 297 g/mol. The first kappa shape index (κ1) is 16.6. The normalized spacial score (nSPS) is 19.0. The molecule has 1 unspecified atom stereocenters. The number of aliphatic hydroxyl groups is 1. The molecule has 1 N–H and O–H groups in total. The maximum atomic E-state index is 12.7. The first-order valence-corrected chi connectivity index (χ1v) is 7.04. The highest BCUT2D eigenvalue weighted by Crippen LogP contribution is 2.33. The molecule has 1 atom stereocenters. The molecule has 0 saturated carbocycles. The second-order valence-electron chi connectivity index (χ2n) is 5.15. The molecule has 22 heavy (non-hydrogen) atoms. The highest BCUT2D eigenvalue weighted by Gasteiger charge is 2.32. The van der Waals surface area contributed by atoms with Crippen LogP contribution in [0.15, 0.2) is 18.2 Å². The van der Waals surface area contributed by atoms with Crippen LogP contribution in [0.2, 0.25) is 0 Å². The number of hydrogen-bond acceptors (Lipinski definition) is 4. The maximum absolute atomic E-state index is 12.7. The zero-order valence-corrected chi connectivity index (χ0v) is 11.9. The second kappa shape index (κ2) is 6.99. The van der Waals surface area contributed by atoms with Crippen LogP contribution in [0.4, 0.5) is 18.9 Å². The lowest BCUT2D eigenvalue weighted by Crippen LogP contribution is -2.40. The number of hydrogen-bond donors (Lipinski definition) is 1. The molecule has 2 rings (SSSR count). The van der Waals surface area contributed by atoms with Crippen LogP contribution in [0.5, 0.6) is 0 Å². The van der Waals surface area contributed by atoms with Crippen molar-refractivity contribution in [3.05, 3.63) is 29.3 Å². The minimum Gasteiger partial charge on any atom is -0.394 e. The molecule has 1 aliphatic heterocycles. The predicted molar refractivity (Wildman–Crippen MR) is 74.4 cm³/mol. The first-order valence-electron chi connectivity index (χ1n) is 7.04. The lowest BCUT2D eigenvalue weighted by atomic mass is 10.0. The predicted octanol–water partition coefficient (Wildman–Crippen LogP) is 2.55. The summed E-state index contributed by atoms with van der Waals surface area (Å²) < 4.78 is 43.6. The maximum Gasteiger partial charge on any atom is 0.416 e. The van der Waals surface area contributed by atoms with Crippen molar-refractivity contribution in [2.24, 2.45) is 0 Å². The van der Waals surface area contributed by atoms with Crippen LogP contribution in [-0.4, -0.2) is 37.5 Å². The third kappa shape index (κ3) is 3.90. The van der Waals surface area contributed by atoms with Crippen molar-refractivity contribution in [3.63, 3.8) is 0 Å². The summed E-state index contributed by atoms with van der Waals surface area (Å²) in [4.78, 5) is 1.87. The molecule has 0 bridgehead atoms. The van der Waals surface area contributed by atoms with Crippen LogP contribution in [0.1, 0.15) is 24.0 Å². The van der Waals surface area contributed by atoms with E-state index < -0.39 is 11.7 Å². The number of halogens is 3. The van der Waals surface area contributed by atoms with Crippen molar-refractivity contribution in [2.75, 3.05) is 31.2 Å². The van der Waals surface area contributed by atoms with Gasteiger partial charge < -0.3 is 14.7 Å². The summed E-state index contributed by atoms with van der Waals surface area (Å²) in [5.41, 5.74) is -0.316. The Hall–Kier alpha value is -1.78. The number of ether oxygens (including phenoxy) is 1. The van der Waals surface area contributed by atoms with Gasteiger partial charge in [-0.25, -0.2) is 0 Å². The number of piperidine rings is 1. The summed E-state index contributed by atoms with van der Waals surface area (Å²) >= 11 is 0. The third-order valence-electron chi connectivity index (χ3n) is 3.61. The smallest absolute Gasteiger partial charge is 0.394 e. The zero-order chi connectivity index (χ0) is 16.2. The number of aliphatic hydroxyl groups excluding tert-OH is 1. The molecular formula is C15H17F3N2O2. The van der Waals surface area contributed by atoms with Crippen LogP contribution in [0.25, 0.3) is 0 Å². The Labute approximate surface area is 126 Å². The fourth-order valence-corrected chi connectivity index (χ4v) is 2.59. The Bertz CT molecular complexity index is 555. The van der Waals surface area contributed by atoms with E-state index in [1.807, 2.05) is 11.0 Å². The van der Waals surface area contributed by atoms with Gasteiger partial charge in [0.2, 0.25) is 0 Å². The van der Waals surface area contributed by atoms with E-state index in [0.717, 1.165) is 25.0 Å². The lowest BCUT2D eigenvalue weighted by molar-refractivity contribution is -0.137. The van der Waals surface area contributed by atoms with Crippen LogP contribution in [-0.2, 0) is 10.9 Å². The third-order valence-corrected chi connectivity index (χ3v) is 3.61. The van der Waals surface area contributed by atoms with Gasteiger partial charge in [-0.1, -0.05) is 0 Å². The van der Waals surface area contributed by atoms with Crippen molar-refractivity contribution in [2.45, 2.75) is 25.1 Å². The monoisotopic (exact) mass is 314 g/mol. The van der Waals surface area contributed by atoms with E-state index in [1.54, 1.807) is 0 Å². The minimum atomic E-state index is -4.46. The molecule has 0 radical (unpaired) electrons. The summed E-state index contributed by atoms with van der Waals surface area (Å²) in [6.07, 6.45) is -2.89. The molecule has 1 saturated heterocycles. The SMILES string of the molecule is N#Cc1cc(C(F)(F)F)ccc1N1CCCC(OCCO)C1.